The summed E-state index contributed by atoms with van der Waals surface area (Å²) in [5, 5.41) is 5.11. The van der Waals surface area contributed by atoms with E-state index in [9.17, 15) is 8.42 Å². The molecule has 1 aromatic rings. The molecule has 2 heterocycles. The molecule has 2 rings (SSSR count). The minimum Gasteiger partial charge on any atom is -0.313 e. The third-order valence-electron chi connectivity index (χ3n) is 3.02. The summed E-state index contributed by atoms with van der Waals surface area (Å²) in [6, 6.07) is 1.87. The molecule has 0 aliphatic carbocycles. The molecule has 1 aromatic heterocycles. The number of rotatable bonds is 6. The molecule has 1 aliphatic rings. The Morgan fingerprint density at radius 1 is 1.37 bits per heavy atom. The number of thioether (sulfide) groups is 1. The first-order valence-electron chi connectivity index (χ1n) is 6.50. The van der Waals surface area contributed by atoms with Crippen LogP contribution in [0, 0.1) is 0 Å². The van der Waals surface area contributed by atoms with Gasteiger partial charge in [-0.1, -0.05) is 6.92 Å². The van der Waals surface area contributed by atoms with Crippen molar-refractivity contribution in [2.24, 2.45) is 0 Å². The SMILES string of the molecule is CCNCc1csc(S(=O)(=O)NC2CCSCC2)c1. The van der Waals surface area contributed by atoms with Crippen molar-refractivity contribution < 1.29 is 8.42 Å². The van der Waals surface area contributed by atoms with Crippen LogP contribution in [0.5, 0.6) is 0 Å². The summed E-state index contributed by atoms with van der Waals surface area (Å²) in [6.07, 6.45) is 1.86. The second kappa shape index (κ2) is 7.08. The highest BCUT2D eigenvalue weighted by atomic mass is 32.2. The summed E-state index contributed by atoms with van der Waals surface area (Å²) < 4.78 is 27.8. The fourth-order valence-electron chi connectivity index (χ4n) is 1.95. The highest BCUT2D eigenvalue weighted by molar-refractivity contribution is 7.99. The lowest BCUT2D eigenvalue weighted by molar-refractivity contribution is 0.530. The van der Waals surface area contributed by atoms with Gasteiger partial charge in [0.15, 0.2) is 0 Å². The van der Waals surface area contributed by atoms with E-state index in [0.29, 0.717) is 4.21 Å². The summed E-state index contributed by atoms with van der Waals surface area (Å²) in [6.45, 7) is 3.64. The van der Waals surface area contributed by atoms with Gasteiger partial charge in [-0.25, -0.2) is 13.1 Å². The Hall–Kier alpha value is -0.0800. The molecule has 2 N–H and O–H groups in total. The van der Waals surface area contributed by atoms with Crippen LogP contribution in [-0.2, 0) is 16.6 Å². The van der Waals surface area contributed by atoms with Crippen molar-refractivity contribution in [3.05, 3.63) is 17.0 Å². The molecule has 0 unspecified atom stereocenters. The molecule has 19 heavy (non-hydrogen) atoms. The van der Waals surface area contributed by atoms with E-state index < -0.39 is 10.0 Å². The molecule has 0 radical (unpaired) electrons. The van der Waals surface area contributed by atoms with Crippen molar-refractivity contribution in [3.8, 4) is 0 Å². The Bertz CT molecular complexity index is 493. The predicted octanol–water partition coefficient (Wildman–Crippen LogP) is 2.03. The van der Waals surface area contributed by atoms with Crippen LogP contribution in [0.2, 0.25) is 0 Å². The maximum atomic E-state index is 12.3. The third-order valence-corrected chi connectivity index (χ3v) is 7.07. The van der Waals surface area contributed by atoms with Crippen molar-refractivity contribution >= 4 is 33.1 Å². The maximum absolute atomic E-state index is 12.3. The van der Waals surface area contributed by atoms with E-state index >= 15 is 0 Å². The van der Waals surface area contributed by atoms with Gasteiger partial charge in [0.1, 0.15) is 4.21 Å². The van der Waals surface area contributed by atoms with Gasteiger partial charge in [-0.3, -0.25) is 0 Å². The fourth-order valence-corrected chi connectivity index (χ4v) is 5.59. The summed E-state index contributed by atoms with van der Waals surface area (Å²) in [5.41, 5.74) is 1.03. The van der Waals surface area contributed by atoms with Gasteiger partial charge in [0.2, 0.25) is 10.0 Å². The van der Waals surface area contributed by atoms with Gasteiger partial charge in [0.05, 0.1) is 0 Å². The van der Waals surface area contributed by atoms with Crippen LogP contribution in [0.15, 0.2) is 15.7 Å². The fraction of sp³-hybridized carbons (Fsp3) is 0.667. The van der Waals surface area contributed by atoms with E-state index in [0.717, 1.165) is 43.0 Å². The molecule has 0 bridgehead atoms. The normalized spacial score (nSPS) is 17.7. The minimum absolute atomic E-state index is 0.102. The highest BCUT2D eigenvalue weighted by Crippen LogP contribution is 2.23. The van der Waals surface area contributed by atoms with Crippen molar-refractivity contribution in [3.63, 3.8) is 0 Å². The highest BCUT2D eigenvalue weighted by Gasteiger charge is 2.23. The van der Waals surface area contributed by atoms with E-state index in [4.69, 9.17) is 0 Å². The topological polar surface area (TPSA) is 58.2 Å². The lowest BCUT2D eigenvalue weighted by Crippen LogP contribution is -2.36. The van der Waals surface area contributed by atoms with E-state index in [2.05, 4.69) is 10.0 Å². The van der Waals surface area contributed by atoms with Crippen LogP contribution in [0.3, 0.4) is 0 Å². The molecule has 4 nitrogen and oxygen atoms in total. The molecule has 1 saturated heterocycles. The standard InChI is InChI=1S/C12H20N2O2S3/c1-2-13-8-10-7-12(18-9-10)19(15,16)14-11-3-5-17-6-4-11/h7,9,11,13-14H,2-6,8H2,1H3. The minimum atomic E-state index is -3.33. The first-order chi connectivity index (χ1) is 9.12. The lowest BCUT2D eigenvalue weighted by atomic mass is 10.2. The Morgan fingerprint density at radius 3 is 2.79 bits per heavy atom. The molecular weight excluding hydrogens is 300 g/mol. The number of hydrogen-bond donors (Lipinski definition) is 2. The zero-order valence-electron chi connectivity index (χ0n) is 11.0. The van der Waals surface area contributed by atoms with Gasteiger partial charge in [-0.15, -0.1) is 11.3 Å². The zero-order valence-corrected chi connectivity index (χ0v) is 13.5. The van der Waals surface area contributed by atoms with Crippen molar-refractivity contribution in [2.45, 2.75) is 36.6 Å². The molecule has 1 aliphatic heterocycles. The quantitative estimate of drug-likeness (QED) is 0.842. The van der Waals surface area contributed by atoms with Crippen LogP contribution in [0.25, 0.3) is 0 Å². The average Bonchev–Trinajstić information content (AvgIpc) is 2.86. The Morgan fingerprint density at radius 2 is 2.11 bits per heavy atom. The Kier molecular flexibility index (Phi) is 5.70. The van der Waals surface area contributed by atoms with Crippen LogP contribution in [-0.4, -0.2) is 32.5 Å². The van der Waals surface area contributed by atoms with Gasteiger partial charge >= 0.3 is 0 Å². The second-order valence-electron chi connectivity index (χ2n) is 4.56. The smallest absolute Gasteiger partial charge is 0.250 e. The number of nitrogens with one attached hydrogen (secondary N) is 2. The van der Waals surface area contributed by atoms with Gasteiger partial charge < -0.3 is 5.32 Å². The van der Waals surface area contributed by atoms with Crippen LogP contribution < -0.4 is 10.0 Å². The molecule has 0 amide bonds. The Balaban J connectivity index is 1.99. The molecule has 0 atom stereocenters. The molecule has 0 saturated carbocycles. The third kappa shape index (κ3) is 4.46. The monoisotopic (exact) mass is 320 g/mol. The molecule has 108 valence electrons. The van der Waals surface area contributed by atoms with Gasteiger partial charge in [0, 0.05) is 12.6 Å². The first kappa shape index (κ1) is 15.3. The molecule has 0 aromatic carbocycles. The van der Waals surface area contributed by atoms with E-state index in [1.165, 1.54) is 11.3 Å². The molecule has 7 heteroatoms. The summed E-state index contributed by atoms with van der Waals surface area (Å²) >= 11 is 3.19. The molecular formula is C12H20N2O2S3. The van der Waals surface area contributed by atoms with Crippen LogP contribution in [0.1, 0.15) is 25.3 Å². The number of sulfonamides is 1. The molecule has 0 spiro atoms. The average molecular weight is 321 g/mol. The summed E-state index contributed by atoms with van der Waals surface area (Å²) in [5.74, 6) is 2.09. The van der Waals surface area contributed by atoms with Gasteiger partial charge in [-0.2, -0.15) is 11.8 Å². The van der Waals surface area contributed by atoms with Crippen molar-refractivity contribution in [2.75, 3.05) is 18.1 Å². The first-order valence-corrected chi connectivity index (χ1v) is 10.0. The molecule has 1 fully saturated rings. The lowest BCUT2D eigenvalue weighted by Gasteiger charge is -2.21. The van der Waals surface area contributed by atoms with Gasteiger partial charge in [0.25, 0.3) is 0 Å². The van der Waals surface area contributed by atoms with Crippen molar-refractivity contribution in [1.82, 2.24) is 10.0 Å². The van der Waals surface area contributed by atoms with E-state index in [1.807, 2.05) is 24.1 Å². The van der Waals surface area contributed by atoms with Crippen molar-refractivity contribution in [1.29, 1.82) is 0 Å². The van der Waals surface area contributed by atoms with E-state index in [-0.39, 0.29) is 6.04 Å². The predicted molar refractivity (Wildman–Crippen MR) is 82.4 cm³/mol. The maximum Gasteiger partial charge on any atom is 0.250 e. The summed E-state index contributed by atoms with van der Waals surface area (Å²) in [4.78, 5) is 0. The second-order valence-corrected chi connectivity index (χ2v) is 8.64. The summed E-state index contributed by atoms with van der Waals surface area (Å²) in [7, 11) is -3.33. The Labute approximate surface area is 123 Å². The number of hydrogen-bond acceptors (Lipinski definition) is 5. The van der Waals surface area contributed by atoms with Crippen LogP contribution >= 0.6 is 23.1 Å². The number of thiophene rings is 1. The largest absolute Gasteiger partial charge is 0.313 e. The van der Waals surface area contributed by atoms with Crippen LogP contribution in [0.4, 0.5) is 0 Å². The zero-order chi connectivity index (χ0) is 13.7. The van der Waals surface area contributed by atoms with Gasteiger partial charge in [-0.05, 0) is 47.9 Å². The van der Waals surface area contributed by atoms with E-state index in [1.54, 1.807) is 6.07 Å².